The molecule has 0 bridgehead atoms. The lowest BCUT2D eigenvalue weighted by Gasteiger charge is -2.17. The average Bonchev–Trinajstić information content (AvgIpc) is 2.79. The van der Waals surface area contributed by atoms with Gasteiger partial charge < -0.3 is 5.32 Å². The van der Waals surface area contributed by atoms with E-state index in [0.717, 1.165) is 25.3 Å². The van der Waals surface area contributed by atoms with Crippen LogP contribution in [-0.4, -0.2) is 24.0 Å². The normalized spacial score (nSPS) is 11.2. The molecule has 1 aromatic heterocycles. The number of nitrogens with zero attached hydrogens (tertiary/aromatic N) is 2. The van der Waals surface area contributed by atoms with E-state index in [0.29, 0.717) is 0 Å². The fraction of sp³-hybridized carbons (Fsp3) is 0.400. The molecular formula is C15H20BrN3S. The summed E-state index contributed by atoms with van der Waals surface area (Å²) >= 11 is 5.40. The van der Waals surface area contributed by atoms with E-state index >= 15 is 0 Å². The third-order valence-corrected chi connectivity index (χ3v) is 4.86. The molecule has 5 heteroatoms. The zero-order chi connectivity index (χ0) is 14.5. The van der Waals surface area contributed by atoms with Gasteiger partial charge in [0.1, 0.15) is 0 Å². The number of thiazole rings is 1. The Balaban J connectivity index is 2.00. The van der Waals surface area contributed by atoms with E-state index in [1.54, 1.807) is 11.3 Å². The lowest BCUT2D eigenvalue weighted by atomic mass is 10.1. The van der Waals surface area contributed by atoms with Crippen molar-refractivity contribution in [2.45, 2.75) is 26.6 Å². The van der Waals surface area contributed by atoms with Crippen molar-refractivity contribution in [1.82, 2.24) is 15.2 Å². The lowest BCUT2D eigenvalue weighted by molar-refractivity contribution is 0.320. The molecule has 0 saturated heterocycles. The van der Waals surface area contributed by atoms with Crippen molar-refractivity contribution in [1.29, 1.82) is 0 Å². The molecule has 0 saturated carbocycles. The lowest BCUT2D eigenvalue weighted by Crippen LogP contribution is -2.17. The van der Waals surface area contributed by atoms with E-state index in [2.05, 4.69) is 63.3 Å². The van der Waals surface area contributed by atoms with Gasteiger partial charge in [0.25, 0.3) is 0 Å². The molecule has 0 atom stereocenters. The molecule has 0 radical (unpaired) electrons. The first-order valence-corrected chi connectivity index (χ1v) is 8.27. The van der Waals surface area contributed by atoms with Gasteiger partial charge in [-0.15, -0.1) is 11.3 Å². The number of halogens is 1. The molecule has 1 heterocycles. The highest BCUT2D eigenvalue weighted by molar-refractivity contribution is 9.10. The highest BCUT2D eigenvalue weighted by Crippen LogP contribution is 2.22. The molecule has 0 unspecified atom stereocenters. The van der Waals surface area contributed by atoms with Crippen LogP contribution in [0.25, 0.3) is 0 Å². The molecule has 1 N–H and O–H groups in total. The van der Waals surface area contributed by atoms with Gasteiger partial charge in [-0.1, -0.05) is 28.1 Å². The first-order chi connectivity index (χ1) is 9.60. The van der Waals surface area contributed by atoms with Crippen molar-refractivity contribution >= 4 is 27.3 Å². The predicted molar refractivity (Wildman–Crippen MR) is 88.9 cm³/mol. The molecule has 0 aliphatic carbocycles. The number of benzene rings is 1. The van der Waals surface area contributed by atoms with Crippen molar-refractivity contribution in [3.63, 3.8) is 0 Å². The highest BCUT2D eigenvalue weighted by Gasteiger charge is 2.08. The smallest absolute Gasteiger partial charge is 0.0798 e. The number of aryl methyl sites for hydroxylation is 1. The van der Waals surface area contributed by atoms with Crippen LogP contribution in [0.15, 0.2) is 28.2 Å². The average molecular weight is 354 g/mol. The monoisotopic (exact) mass is 353 g/mol. The van der Waals surface area contributed by atoms with Crippen LogP contribution in [-0.2, 0) is 19.6 Å². The molecule has 0 fully saturated rings. The number of nitrogens with one attached hydrogen (secondary N) is 1. The molecule has 0 spiro atoms. The van der Waals surface area contributed by atoms with Crippen molar-refractivity contribution in [2.75, 3.05) is 14.1 Å². The largest absolute Gasteiger partial charge is 0.316 e. The summed E-state index contributed by atoms with van der Waals surface area (Å²) in [5.74, 6) is 0. The van der Waals surface area contributed by atoms with E-state index in [4.69, 9.17) is 0 Å². The van der Waals surface area contributed by atoms with Crippen LogP contribution >= 0.6 is 27.3 Å². The topological polar surface area (TPSA) is 28.2 Å². The minimum absolute atomic E-state index is 0.898. The molecular weight excluding hydrogens is 334 g/mol. The van der Waals surface area contributed by atoms with Gasteiger partial charge in [-0.25, -0.2) is 4.98 Å². The maximum absolute atomic E-state index is 4.30. The maximum atomic E-state index is 4.30. The Hall–Kier alpha value is -0.750. The van der Waals surface area contributed by atoms with Gasteiger partial charge >= 0.3 is 0 Å². The van der Waals surface area contributed by atoms with Gasteiger partial charge in [0, 0.05) is 29.0 Å². The highest BCUT2D eigenvalue weighted by atomic mass is 79.9. The van der Waals surface area contributed by atoms with Crippen LogP contribution < -0.4 is 5.32 Å². The van der Waals surface area contributed by atoms with Crippen LogP contribution in [0.1, 0.15) is 21.7 Å². The molecule has 0 aliphatic heterocycles. The Bertz CT molecular complexity index is 568. The summed E-state index contributed by atoms with van der Waals surface area (Å²) in [5, 5.41) is 3.17. The third kappa shape index (κ3) is 4.12. The van der Waals surface area contributed by atoms with E-state index in [1.165, 1.54) is 20.5 Å². The zero-order valence-electron chi connectivity index (χ0n) is 12.1. The minimum Gasteiger partial charge on any atom is -0.316 e. The summed E-state index contributed by atoms with van der Waals surface area (Å²) in [4.78, 5) is 7.96. The SMILES string of the molecule is CNCc1ccc(CN(C)Cc2scnc2C)c(Br)c1. The summed E-state index contributed by atoms with van der Waals surface area (Å²) in [6.07, 6.45) is 0. The first-order valence-electron chi connectivity index (χ1n) is 6.59. The van der Waals surface area contributed by atoms with Gasteiger partial charge in [0.15, 0.2) is 0 Å². The summed E-state index contributed by atoms with van der Waals surface area (Å²) in [6.45, 7) is 4.84. The number of hydrogen-bond acceptors (Lipinski definition) is 4. The van der Waals surface area contributed by atoms with E-state index in [1.807, 2.05) is 12.6 Å². The Kier molecular flexibility index (Phi) is 5.72. The second-order valence-electron chi connectivity index (χ2n) is 4.99. The Morgan fingerprint density at radius 1 is 1.35 bits per heavy atom. The molecule has 0 amide bonds. The second kappa shape index (κ2) is 7.31. The summed E-state index contributed by atoms with van der Waals surface area (Å²) < 4.78 is 1.18. The molecule has 2 aromatic rings. The molecule has 20 heavy (non-hydrogen) atoms. The fourth-order valence-electron chi connectivity index (χ4n) is 2.10. The van der Waals surface area contributed by atoms with Crippen LogP contribution in [0.5, 0.6) is 0 Å². The quantitative estimate of drug-likeness (QED) is 0.860. The number of rotatable bonds is 6. The predicted octanol–water partition coefficient (Wildman–Crippen LogP) is 3.57. The van der Waals surface area contributed by atoms with E-state index < -0.39 is 0 Å². The maximum Gasteiger partial charge on any atom is 0.0798 e. The third-order valence-electron chi connectivity index (χ3n) is 3.20. The van der Waals surface area contributed by atoms with Gasteiger partial charge in [0.05, 0.1) is 11.2 Å². The molecule has 3 nitrogen and oxygen atoms in total. The summed E-state index contributed by atoms with van der Waals surface area (Å²) in [6, 6.07) is 6.58. The van der Waals surface area contributed by atoms with Crippen molar-refractivity contribution < 1.29 is 0 Å². The number of aromatic nitrogens is 1. The Morgan fingerprint density at radius 3 is 2.75 bits per heavy atom. The molecule has 2 rings (SSSR count). The van der Waals surface area contributed by atoms with Crippen LogP contribution in [0, 0.1) is 6.92 Å². The summed E-state index contributed by atoms with van der Waals surface area (Å²) in [5.41, 5.74) is 5.67. The van der Waals surface area contributed by atoms with Crippen LogP contribution in [0.2, 0.25) is 0 Å². The van der Waals surface area contributed by atoms with Crippen molar-refractivity contribution in [3.05, 3.63) is 49.9 Å². The van der Waals surface area contributed by atoms with Crippen LogP contribution in [0.4, 0.5) is 0 Å². The number of hydrogen-bond donors (Lipinski definition) is 1. The van der Waals surface area contributed by atoms with E-state index in [-0.39, 0.29) is 0 Å². The van der Waals surface area contributed by atoms with E-state index in [9.17, 15) is 0 Å². The van der Waals surface area contributed by atoms with Gasteiger partial charge in [-0.2, -0.15) is 0 Å². The zero-order valence-corrected chi connectivity index (χ0v) is 14.5. The molecule has 108 valence electrons. The first kappa shape index (κ1) is 15.6. The summed E-state index contributed by atoms with van der Waals surface area (Å²) in [7, 11) is 4.11. The Morgan fingerprint density at radius 2 is 2.15 bits per heavy atom. The fourth-order valence-corrected chi connectivity index (χ4v) is 3.51. The van der Waals surface area contributed by atoms with Crippen LogP contribution in [0.3, 0.4) is 0 Å². The minimum atomic E-state index is 0.898. The Labute approximate surface area is 133 Å². The molecule has 1 aromatic carbocycles. The standard InChI is InChI=1S/C15H20BrN3S/c1-11-15(20-10-18-11)9-19(3)8-13-5-4-12(7-17-2)6-14(13)16/h4-6,10,17H,7-9H2,1-3H3. The second-order valence-corrected chi connectivity index (χ2v) is 6.78. The van der Waals surface area contributed by atoms with Gasteiger partial charge in [0.2, 0.25) is 0 Å². The van der Waals surface area contributed by atoms with Crippen molar-refractivity contribution in [3.8, 4) is 0 Å². The van der Waals surface area contributed by atoms with Gasteiger partial charge in [-0.05, 0) is 38.2 Å². The van der Waals surface area contributed by atoms with Gasteiger partial charge in [-0.3, -0.25) is 4.90 Å². The van der Waals surface area contributed by atoms with Crippen molar-refractivity contribution in [2.24, 2.45) is 0 Å². The molecule has 0 aliphatic rings.